The first-order valence-corrected chi connectivity index (χ1v) is 13.5. The van der Waals surface area contributed by atoms with Crippen LogP contribution in [-0.4, -0.2) is 47.4 Å². The molecule has 0 aliphatic carbocycles. The van der Waals surface area contributed by atoms with Gasteiger partial charge in [-0.1, -0.05) is 49.8 Å². The van der Waals surface area contributed by atoms with Crippen LogP contribution >= 0.6 is 11.3 Å². The number of fused-ring (bicyclic) bond motifs is 1. The van der Waals surface area contributed by atoms with Crippen molar-refractivity contribution in [3.05, 3.63) is 53.9 Å². The molecule has 1 fully saturated rings. The molecule has 1 aliphatic rings. The fraction of sp³-hybridized carbons (Fsp3) is 0.435. The van der Waals surface area contributed by atoms with Crippen molar-refractivity contribution in [3.8, 4) is 0 Å². The summed E-state index contributed by atoms with van der Waals surface area (Å²) in [5, 5.41) is 0.584. The Balaban J connectivity index is 1.78. The van der Waals surface area contributed by atoms with Crippen LogP contribution in [0.4, 0.5) is 5.13 Å². The Bertz CT molecular complexity index is 1210. The number of benzene rings is 1. The maximum atomic E-state index is 13.8. The van der Waals surface area contributed by atoms with E-state index < -0.39 is 16.1 Å². The Morgan fingerprint density at radius 3 is 2.75 bits per heavy atom. The number of carbonyl (C=O) groups is 1. The summed E-state index contributed by atoms with van der Waals surface area (Å²) in [5.74, 6) is 0.0688. The largest absolute Gasteiger partial charge is 0.282 e. The van der Waals surface area contributed by atoms with Crippen LogP contribution in [0.25, 0.3) is 10.2 Å². The highest BCUT2D eigenvalue weighted by Gasteiger charge is 2.38. The summed E-state index contributed by atoms with van der Waals surface area (Å²) in [6.45, 7) is 4.90. The number of thiazole rings is 1. The van der Waals surface area contributed by atoms with Crippen LogP contribution in [0, 0.1) is 0 Å². The first-order valence-electron chi connectivity index (χ1n) is 10.8. The lowest BCUT2D eigenvalue weighted by Gasteiger charge is -2.35. The van der Waals surface area contributed by atoms with Crippen molar-refractivity contribution in [1.82, 2.24) is 14.3 Å². The highest BCUT2D eigenvalue weighted by atomic mass is 32.2. The normalized spacial score (nSPS) is 17.7. The van der Waals surface area contributed by atoms with Crippen LogP contribution in [0.3, 0.4) is 0 Å². The van der Waals surface area contributed by atoms with Gasteiger partial charge in [0.1, 0.15) is 6.04 Å². The van der Waals surface area contributed by atoms with Gasteiger partial charge in [0.25, 0.3) is 0 Å². The summed E-state index contributed by atoms with van der Waals surface area (Å²) in [7, 11) is -3.49. The minimum atomic E-state index is -3.49. The molecule has 1 atom stereocenters. The number of aromatic nitrogens is 2. The zero-order valence-corrected chi connectivity index (χ0v) is 20.2. The van der Waals surface area contributed by atoms with Crippen molar-refractivity contribution >= 4 is 42.6 Å². The van der Waals surface area contributed by atoms with Crippen LogP contribution in [0.2, 0.25) is 0 Å². The highest BCUT2D eigenvalue weighted by Crippen LogP contribution is 2.35. The quantitative estimate of drug-likeness (QED) is 0.538. The predicted molar refractivity (Wildman–Crippen MR) is 128 cm³/mol. The van der Waals surface area contributed by atoms with E-state index in [1.54, 1.807) is 17.3 Å². The minimum Gasteiger partial charge on any atom is -0.282 e. The molecule has 0 bridgehead atoms. The van der Waals surface area contributed by atoms with Gasteiger partial charge in [-0.25, -0.2) is 13.4 Å². The molecule has 1 saturated heterocycles. The van der Waals surface area contributed by atoms with E-state index in [0.29, 0.717) is 24.0 Å². The molecule has 1 amide bonds. The lowest BCUT2D eigenvalue weighted by molar-refractivity contribution is -0.123. The second kappa shape index (κ2) is 9.25. The second-order valence-electron chi connectivity index (χ2n) is 8.52. The summed E-state index contributed by atoms with van der Waals surface area (Å²) in [4.78, 5) is 24.5. The number of sulfonamides is 1. The Morgan fingerprint density at radius 1 is 1.25 bits per heavy atom. The molecule has 2 aromatic heterocycles. The lowest BCUT2D eigenvalue weighted by Crippen LogP contribution is -2.52. The first kappa shape index (κ1) is 22.8. The second-order valence-corrected chi connectivity index (χ2v) is 11.5. The number of amides is 1. The Labute approximate surface area is 193 Å². The zero-order valence-electron chi connectivity index (χ0n) is 18.6. The zero-order chi connectivity index (χ0) is 22.9. The minimum absolute atomic E-state index is 0.232. The molecule has 32 heavy (non-hydrogen) atoms. The topological polar surface area (TPSA) is 83.5 Å². The summed E-state index contributed by atoms with van der Waals surface area (Å²) in [6.07, 6.45) is 6.68. The van der Waals surface area contributed by atoms with Gasteiger partial charge in [-0.15, -0.1) is 0 Å². The number of piperidine rings is 1. The number of para-hydroxylation sites is 1. The fourth-order valence-corrected chi connectivity index (χ4v) is 6.31. The molecular formula is C23H28N4O3S2. The average Bonchev–Trinajstić information content (AvgIpc) is 3.21. The van der Waals surface area contributed by atoms with Crippen molar-refractivity contribution < 1.29 is 13.2 Å². The highest BCUT2D eigenvalue weighted by molar-refractivity contribution is 7.88. The van der Waals surface area contributed by atoms with E-state index in [2.05, 4.69) is 24.9 Å². The molecular weight excluding hydrogens is 444 g/mol. The Kier molecular flexibility index (Phi) is 6.60. The number of nitrogens with zero attached hydrogens (tertiary/aromatic N) is 4. The number of hydrogen-bond acceptors (Lipinski definition) is 6. The molecule has 0 radical (unpaired) electrons. The molecule has 9 heteroatoms. The molecule has 4 rings (SSSR count). The molecule has 1 aliphatic heterocycles. The monoisotopic (exact) mass is 472 g/mol. The van der Waals surface area contributed by atoms with E-state index in [0.717, 1.165) is 34.2 Å². The number of pyridine rings is 1. The van der Waals surface area contributed by atoms with Crippen LogP contribution in [0.5, 0.6) is 0 Å². The fourth-order valence-electron chi connectivity index (χ4n) is 4.18. The number of hydrogen-bond donors (Lipinski definition) is 0. The SMILES string of the molecule is CC(C)c1cccc2sc(N(Cc3cccnc3)C(=O)C3CCCCN3S(C)(=O)=O)nc12. The number of anilines is 1. The van der Waals surface area contributed by atoms with Gasteiger partial charge in [0.15, 0.2) is 5.13 Å². The molecule has 1 aromatic carbocycles. The molecule has 7 nitrogen and oxygen atoms in total. The molecule has 0 saturated carbocycles. The molecule has 3 aromatic rings. The van der Waals surface area contributed by atoms with E-state index in [9.17, 15) is 13.2 Å². The third kappa shape index (κ3) is 4.69. The van der Waals surface area contributed by atoms with Crippen LogP contribution in [0.1, 0.15) is 50.2 Å². The Hall–Kier alpha value is -2.36. The van der Waals surface area contributed by atoms with E-state index >= 15 is 0 Å². The average molecular weight is 473 g/mol. The maximum absolute atomic E-state index is 13.8. The third-order valence-corrected chi connectivity index (χ3v) is 8.12. The number of carbonyl (C=O) groups excluding carboxylic acids is 1. The summed E-state index contributed by atoms with van der Waals surface area (Å²) >= 11 is 1.46. The van der Waals surface area contributed by atoms with E-state index in [-0.39, 0.29) is 12.5 Å². The molecule has 170 valence electrons. The Morgan fingerprint density at radius 2 is 2.06 bits per heavy atom. The van der Waals surface area contributed by atoms with Gasteiger partial charge in [0.2, 0.25) is 15.9 Å². The van der Waals surface area contributed by atoms with Crippen LogP contribution < -0.4 is 4.90 Å². The summed E-state index contributed by atoms with van der Waals surface area (Å²) < 4.78 is 27.2. The molecule has 0 spiro atoms. The van der Waals surface area contributed by atoms with Crippen LogP contribution in [-0.2, 0) is 21.4 Å². The van der Waals surface area contributed by atoms with Crippen molar-refractivity contribution in [2.24, 2.45) is 0 Å². The van der Waals surface area contributed by atoms with Crippen LogP contribution in [0.15, 0.2) is 42.7 Å². The lowest BCUT2D eigenvalue weighted by atomic mass is 10.0. The van der Waals surface area contributed by atoms with Gasteiger partial charge in [0.05, 0.1) is 23.0 Å². The first-order chi connectivity index (χ1) is 15.3. The van der Waals surface area contributed by atoms with E-state index in [1.807, 2.05) is 24.3 Å². The molecule has 3 heterocycles. The smallest absolute Gasteiger partial charge is 0.247 e. The standard InChI is InChI=1S/C23H28N4O3S2/c1-16(2)18-9-6-11-20-21(18)25-23(31-20)26(15-17-8-7-12-24-14-17)22(28)19-10-4-5-13-27(19)32(3,29)30/h6-9,11-12,14,16,19H,4-5,10,13,15H2,1-3H3. The summed E-state index contributed by atoms with van der Waals surface area (Å²) in [6, 6.07) is 9.12. The maximum Gasteiger partial charge on any atom is 0.247 e. The summed E-state index contributed by atoms with van der Waals surface area (Å²) in [5.41, 5.74) is 2.90. The van der Waals surface area contributed by atoms with Crippen molar-refractivity contribution in [3.63, 3.8) is 0 Å². The van der Waals surface area contributed by atoms with Crippen molar-refractivity contribution in [2.45, 2.75) is 51.6 Å². The van der Waals surface area contributed by atoms with E-state index in [1.165, 1.54) is 21.9 Å². The third-order valence-electron chi connectivity index (χ3n) is 5.79. The molecule has 0 N–H and O–H groups in total. The van der Waals surface area contributed by atoms with Gasteiger partial charge in [-0.3, -0.25) is 14.7 Å². The van der Waals surface area contributed by atoms with Gasteiger partial charge in [0, 0.05) is 18.9 Å². The molecule has 1 unspecified atom stereocenters. The number of rotatable bonds is 6. The van der Waals surface area contributed by atoms with E-state index in [4.69, 9.17) is 4.98 Å². The predicted octanol–water partition coefficient (Wildman–Crippen LogP) is 4.16. The van der Waals surface area contributed by atoms with Crippen molar-refractivity contribution in [1.29, 1.82) is 0 Å². The van der Waals surface area contributed by atoms with Gasteiger partial charge >= 0.3 is 0 Å². The van der Waals surface area contributed by atoms with Gasteiger partial charge in [-0.05, 0) is 42.0 Å². The van der Waals surface area contributed by atoms with Gasteiger partial charge < -0.3 is 0 Å². The van der Waals surface area contributed by atoms with Gasteiger partial charge in [-0.2, -0.15) is 4.31 Å². The van der Waals surface area contributed by atoms with Crippen molar-refractivity contribution in [2.75, 3.05) is 17.7 Å².